The van der Waals surface area contributed by atoms with Crippen molar-refractivity contribution in [1.82, 2.24) is 0 Å². The Morgan fingerprint density at radius 2 is 2.30 bits per heavy atom. The van der Waals surface area contributed by atoms with Gasteiger partial charge in [-0.05, 0) is 12.5 Å². The lowest BCUT2D eigenvalue weighted by molar-refractivity contribution is 0.183. The van der Waals surface area contributed by atoms with E-state index in [1.807, 2.05) is 13.8 Å². The van der Waals surface area contributed by atoms with Crippen LogP contribution in [-0.4, -0.2) is 11.2 Å². The van der Waals surface area contributed by atoms with Gasteiger partial charge in [-0.25, -0.2) is 0 Å². The molecule has 3 nitrogen and oxygen atoms in total. The van der Waals surface area contributed by atoms with E-state index < -0.39 is 6.10 Å². The first-order valence-corrected chi connectivity index (χ1v) is 3.50. The zero-order valence-electron chi connectivity index (χ0n) is 6.50. The molecule has 3 heteroatoms. The zero-order valence-corrected chi connectivity index (χ0v) is 6.50. The summed E-state index contributed by atoms with van der Waals surface area (Å²) in [6.45, 7) is 3.81. The van der Waals surface area contributed by atoms with E-state index in [1.54, 1.807) is 6.08 Å². The van der Waals surface area contributed by atoms with Gasteiger partial charge in [-0.3, -0.25) is 0 Å². The summed E-state index contributed by atoms with van der Waals surface area (Å²) < 4.78 is 0. The molecule has 0 rings (SSSR count). The predicted molar refractivity (Wildman–Crippen MR) is 39.9 cm³/mol. The van der Waals surface area contributed by atoms with Gasteiger partial charge in [-0.2, -0.15) is 5.90 Å². The summed E-state index contributed by atoms with van der Waals surface area (Å²) in [5, 5.41) is 9.08. The molecule has 0 aliphatic heterocycles. The minimum Gasteiger partial charge on any atom is -0.416 e. The molecule has 0 fully saturated rings. The second-order valence-electron chi connectivity index (χ2n) is 2.08. The lowest BCUT2D eigenvalue weighted by Gasteiger charge is -2.04. The number of rotatable bonds is 4. The molecule has 0 aliphatic carbocycles. The number of allylic oxidation sites excluding steroid dienone is 1. The fraction of sp³-hybridized carbons (Fsp3) is 0.714. The second-order valence-corrected chi connectivity index (χ2v) is 2.08. The summed E-state index contributed by atoms with van der Waals surface area (Å²) in [5.74, 6) is 5.54. The molecule has 0 radical (unpaired) electrons. The van der Waals surface area contributed by atoms with Crippen LogP contribution in [0.25, 0.3) is 0 Å². The van der Waals surface area contributed by atoms with Gasteiger partial charge < -0.3 is 9.94 Å². The topological polar surface area (TPSA) is 55.5 Å². The minimum absolute atomic E-state index is 0.432. The van der Waals surface area contributed by atoms with E-state index in [2.05, 4.69) is 4.84 Å². The van der Waals surface area contributed by atoms with Crippen LogP contribution in [0.4, 0.5) is 0 Å². The van der Waals surface area contributed by atoms with Crippen LogP contribution in [-0.2, 0) is 4.84 Å². The zero-order chi connectivity index (χ0) is 7.98. The van der Waals surface area contributed by atoms with Crippen molar-refractivity contribution in [3.63, 3.8) is 0 Å². The summed E-state index contributed by atoms with van der Waals surface area (Å²) in [5.41, 5.74) is 0. The molecule has 1 unspecified atom stereocenters. The highest BCUT2D eigenvalue weighted by atomic mass is 16.6. The SMILES string of the molecule is CC/C(=C/C(O)CC)ON. The second kappa shape index (κ2) is 5.26. The molecule has 1 atom stereocenters. The summed E-state index contributed by atoms with van der Waals surface area (Å²) in [7, 11) is 0. The lowest BCUT2D eigenvalue weighted by atomic mass is 10.2. The number of aliphatic hydroxyl groups is 1. The molecule has 0 aliphatic rings. The molecule has 0 amide bonds. The lowest BCUT2D eigenvalue weighted by Crippen LogP contribution is -2.05. The van der Waals surface area contributed by atoms with Crippen molar-refractivity contribution in [3.05, 3.63) is 11.8 Å². The first-order valence-electron chi connectivity index (χ1n) is 3.50. The monoisotopic (exact) mass is 145 g/mol. The Morgan fingerprint density at radius 3 is 2.60 bits per heavy atom. The van der Waals surface area contributed by atoms with Crippen LogP contribution in [0, 0.1) is 0 Å². The number of nitrogens with two attached hydrogens (primary N) is 1. The molecule has 0 aromatic rings. The van der Waals surface area contributed by atoms with Gasteiger partial charge in [0.05, 0.1) is 6.10 Å². The standard InChI is InChI=1S/C7H15NO2/c1-3-6(9)5-7(4-2)10-8/h5-6,9H,3-4,8H2,1-2H3/b7-5-. The molecular formula is C7H15NO2. The van der Waals surface area contributed by atoms with Crippen LogP contribution in [0.3, 0.4) is 0 Å². The molecule has 0 saturated heterocycles. The van der Waals surface area contributed by atoms with E-state index in [0.717, 1.165) is 0 Å². The van der Waals surface area contributed by atoms with Crippen LogP contribution in [0.2, 0.25) is 0 Å². The Kier molecular flexibility index (Phi) is 4.98. The minimum atomic E-state index is -0.432. The highest BCUT2D eigenvalue weighted by Crippen LogP contribution is 2.02. The Balaban J connectivity index is 3.83. The van der Waals surface area contributed by atoms with Gasteiger partial charge in [0.15, 0.2) is 0 Å². The van der Waals surface area contributed by atoms with Gasteiger partial charge >= 0.3 is 0 Å². The molecule has 3 N–H and O–H groups in total. The molecule has 0 aromatic carbocycles. The van der Waals surface area contributed by atoms with Gasteiger partial charge in [0.25, 0.3) is 0 Å². The van der Waals surface area contributed by atoms with Crippen molar-refractivity contribution in [3.8, 4) is 0 Å². The number of aliphatic hydroxyl groups excluding tert-OH is 1. The number of hydrogen-bond donors (Lipinski definition) is 2. The molecule has 0 spiro atoms. The maximum atomic E-state index is 9.08. The Morgan fingerprint density at radius 1 is 1.70 bits per heavy atom. The fourth-order valence-electron chi connectivity index (χ4n) is 0.573. The van der Waals surface area contributed by atoms with Gasteiger partial charge in [0.2, 0.25) is 0 Å². The molecular weight excluding hydrogens is 130 g/mol. The van der Waals surface area contributed by atoms with Crippen LogP contribution < -0.4 is 5.90 Å². The molecule has 0 bridgehead atoms. The van der Waals surface area contributed by atoms with Crippen LogP contribution in [0.15, 0.2) is 11.8 Å². The normalized spacial score (nSPS) is 15.0. The molecule has 0 heterocycles. The maximum absolute atomic E-state index is 9.08. The summed E-state index contributed by atoms with van der Waals surface area (Å²) in [4.78, 5) is 4.47. The van der Waals surface area contributed by atoms with E-state index in [-0.39, 0.29) is 0 Å². The van der Waals surface area contributed by atoms with Gasteiger partial charge in [0.1, 0.15) is 5.76 Å². The van der Waals surface area contributed by atoms with Crippen molar-refractivity contribution in [2.24, 2.45) is 5.90 Å². The molecule has 60 valence electrons. The third-order valence-corrected chi connectivity index (χ3v) is 1.30. The van der Waals surface area contributed by atoms with E-state index >= 15 is 0 Å². The fourth-order valence-corrected chi connectivity index (χ4v) is 0.573. The first-order chi connectivity index (χ1) is 4.74. The summed E-state index contributed by atoms with van der Waals surface area (Å²) in [6, 6.07) is 0. The molecule has 0 aromatic heterocycles. The van der Waals surface area contributed by atoms with E-state index in [9.17, 15) is 0 Å². The largest absolute Gasteiger partial charge is 0.416 e. The van der Waals surface area contributed by atoms with Crippen LogP contribution in [0.5, 0.6) is 0 Å². The van der Waals surface area contributed by atoms with Gasteiger partial charge in [-0.1, -0.05) is 13.8 Å². The quantitative estimate of drug-likeness (QED) is 0.457. The maximum Gasteiger partial charge on any atom is 0.122 e. The van der Waals surface area contributed by atoms with E-state index in [4.69, 9.17) is 11.0 Å². The van der Waals surface area contributed by atoms with Crippen LogP contribution >= 0.6 is 0 Å². The summed E-state index contributed by atoms with van der Waals surface area (Å²) in [6.07, 6.45) is 2.60. The average Bonchev–Trinajstić information content (AvgIpc) is 1.99. The van der Waals surface area contributed by atoms with E-state index in [1.165, 1.54) is 0 Å². The highest BCUT2D eigenvalue weighted by Gasteiger charge is 1.98. The highest BCUT2D eigenvalue weighted by molar-refractivity contribution is 4.95. The van der Waals surface area contributed by atoms with Crippen molar-refractivity contribution < 1.29 is 9.94 Å². The van der Waals surface area contributed by atoms with Crippen molar-refractivity contribution in [2.45, 2.75) is 32.8 Å². The van der Waals surface area contributed by atoms with Crippen molar-refractivity contribution >= 4 is 0 Å². The smallest absolute Gasteiger partial charge is 0.122 e. The van der Waals surface area contributed by atoms with E-state index in [0.29, 0.717) is 18.6 Å². The Hall–Kier alpha value is -0.540. The Bertz CT molecular complexity index is 106. The molecule has 10 heavy (non-hydrogen) atoms. The predicted octanol–water partition coefficient (Wildman–Crippen LogP) is 0.942. The Labute approximate surface area is 61.4 Å². The number of hydrogen-bond acceptors (Lipinski definition) is 3. The van der Waals surface area contributed by atoms with Gasteiger partial charge in [-0.15, -0.1) is 0 Å². The summed E-state index contributed by atoms with van der Waals surface area (Å²) >= 11 is 0. The van der Waals surface area contributed by atoms with Crippen molar-refractivity contribution in [1.29, 1.82) is 0 Å². The third-order valence-electron chi connectivity index (χ3n) is 1.30. The molecule has 0 saturated carbocycles. The third kappa shape index (κ3) is 3.48. The first kappa shape index (κ1) is 9.46. The average molecular weight is 145 g/mol. The van der Waals surface area contributed by atoms with Gasteiger partial charge in [0, 0.05) is 6.42 Å². The van der Waals surface area contributed by atoms with Crippen molar-refractivity contribution in [2.75, 3.05) is 0 Å². The van der Waals surface area contributed by atoms with Crippen LogP contribution in [0.1, 0.15) is 26.7 Å².